The smallest absolute Gasteiger partial charge is 0.185 e. The molecule has 0 aromatic heterocycles. The molecule has 0 saturated heterocycles. The second-order valence-corrected chi connectivity index (χ2v) is 8.35. The van der Waals surface area contributed by atoms with Crippen LogP contribution in [-0.2, 0) is 16.3 Å². The van der Waals surface area contributed by atoms with Crippen molar-refractivity contribution < 1.29 is 13.2 Å². The number of ketones is 1. The molecular formula is C22H20O3S. The minimum Gasteiger partial charge on any atom is -0.293 e. The summed E-state index contributed by atoms with van der Waals surface area (Å²) in [4.78, 5) is 12.7. The van der Waals surface area contributed by atoms with Gasteiger partial charge in [-0.3, -0.25) is 4.79 Å². The van der Waals surface area contributed by atoms with E-state index in [1.807, 2.05) is 43.3 Å². The molecule has 0 aliphatic heterocycles. The summed E-state index contributed by atoms with van der Waals surface area (Å²) in [6.45, 7) is 1.89. The van der Waals surface area contributed by atoms with Crippen LogP contribution in [-0.4, -0.2) is 20.0 Å². The van der Waals surface area contributed by atoms with Crippen molar-refractivity contribution in [3.63, 3.8) is 0 Å². The molecule has 4 heteroatoms. The molecule has 26 heavy (non-hydrogen) atoms. The number of carbonyl (C=O) groups is 1. The third-order valence-corrected chi connectivity index (χ3v) is 5.83. The molecular weight excluding hydrogens is 344 g/mol. The van der Waals surface area contributed by atoms with Crippen molar-refractivity contribution in [1.29, 1.82) is 0 Å². The second kappa shape index (κ2) is 7.67. The standard InChI is InChI=1S/C22H20O3S/c1-17-10-12-21(13-11-17)26(24,25)16-22(23)20-9-5-8-19(15-20)14-18-6-3-2-4-7-18/h2-13,15H,14,16H2,1H3. The number of aryl methyl sites for hydroxylation is 1. The van der Waals surface area contributed by atoms with E-state index in [2.05, 4.69) is 0 Å². The molecule has 0 aliphatic rings. The van der Waals surface area contributed by atoms with Crippen LogP contribution in [0.15, 0.2) is 83.8 Å². The summed E-state index contributed by atoms with van der Waals surface area (Å²) in [5.74, 6) is -0.911. The molecule has 3 aromatic rings. The quantitative estimate of drug-likeness (QED) is 0.615. The van der Waals surface area contributed by atoms with Gasteiger partial charge in [-0.15, -0.1) is 0 Å². The van der Waals surface area contributed by atoms with Gasteiger partial charge in [0.05, 0.1) is 4.90 Å². The van der Waals surface area contributed by atoms with E-state index in [0.29, 0.717) is 12.0 Å². The average molecular weight is 364 g/mol. The molecule has 0 heterocycles. The number of sulfone groups is 1. The molecule has 0 amide bonds. The summed E-state index contributed by atoms with van der Waals surface area (Å²) in [5, 5.41) is 0. The van der Waals surface area contributed by atoms with Gasteiger partial charge in [0.15, 0.2) is 15.6 Å². The van der Waals surface area contributed by atoms with Gasteiger partial charge < -0.3 is 0 Å². The first-order chi connectivity index (χ1) is 12.4. The zero-order chi connectivity index (χ0) is 18.6. The Morgan fingerprint density at radius 2 is 1.46 bits per heavy atom. The number of rotatable bonds is 6. The van der Waals surface area contributed by atoms with Gasteiger partial charge in [0.2, 0.25) is 0 Å². The van der Waals surface area contributed by atoms with Gasteiger partial charge in [-0.05, 0) is 42.7 Å². The molecule has 3 aromatic carbocycles. The first-order valence-electron chi connectivity index (χ1n) is 8.39. The maximum Gasteiger partial charge on any atom is 0.185 e. The van der Waals surface area contributed by atoms with Crippen LogP contribution in [0.5, 0.6) is 0 Å². The van der Waals surface area contributed by atoms with Gasteiger partial charge in [0.1, 0.15) is 5.75 Å². The molecule has 132 valence electrons. The van der Waals surface area contributed by atoms with Crippen molar-refractivity contribution in [2.24, 2.45) is 0 Å². The SMILES string of the molecule is Cc1ccc(S(=O)(=O)CC(=O)c2cccc(Cc3ccccc3)c2)cc1. The van der Waals surface area contributed by atoms with Gasteiger partial charge in [0, 0.05) is 5.56 Å². The highest BCUT2D eigenvalue weighted by Gasteiger charge is 2.20. The lowest BCUT2D eigenvalue weighted by molar-refractivity contribution is 0.102. The van der Waals surface area contributed by atoms with Crippen LogP contribution < -0.4 is 0 Å². The molecule has 0 fully saturated rings. The van der Waals surface area contributed by atoms with Gasteiger partial charge in [0.25, 0.3) is 0 Å². The first-order valence-corrected chi connectivity index (χ1v) is 10.0. The van der Waals surface area contributed by atoms with E-state index in [1.54, 1.807) is 42.5 Å². The van der Waals surface area contributed by atoms with Crippen LogP contribution in [0.4, 0.5) is 0 Å². The maximum atomic E-state index is 12.5. The molecule has 0 unspecified atom stereocenters. The van der Waals surface area contributed by atoms with E-state index in [4.69, 9.17) is 0 Å². The molecule has 0 spiro atoms. The highest BCUT2D eigenvalue weighted by molar-refractivity contribution is 7.92. The predicted octanol–water partition coefficient (Wildman–Crippen LogP) is 4.24. The number of carbonyl (C=O) groups excluding carboxylic acids is 1. The lowest BCUT2D eigenvalue weighted by atomic mass is 10.0. The van der Waals surface area contributed by atoms with Crippen LogP contribution in [0.2, 0.25) is 0 Å². The van der Waals surface area contributed by atoms with Gasteiger partial charge >= 0.3 is 0 Å². The summed E-state index contributed by atoms with van der Waals surface area (Å²) >= 11 is 0. The topological polar surface area (TPSA) is 51.2 Å². The molecule has 3 rings (SSSR count). The fraction of sp³-hybridized carbons (Fsp3) is 0.136. The van der Waals surface area contributed by atoms with Crippen LogP contribution in [0, 0.1) is 6.92 Å². The van der Waals surface area contributed by atoms with Crippen LogP contribution in [0.3, 0.4) is 0 Å². The minimum absolute atomic E-state index is 0.178. The Kier molecular flexibility index (Phi) is 5.33. The van der Waals surface area contributed by atoms with E-state index >= 15 is 0 Å². The molecule has 0 radical (unpaired) electrons. The van der Waals surface area contributed by atoms with Crippen LogP contribution in [0.25, 0.3) is 0 Å². The second-order valence-electron chi connectivity index (χ2n) is 6.36. The zero-order valence-electron chi connectivity index (χ0n) is 14.6. The lowest BCUT2D eigenvalue weighted by Gasteiger charge is -2.07. The summed E-state index contributed by atoms with van der Waals surface area (Å²) < 4.78 is 25.0. The first kappa shape index (κ1) is 18.1. The van der Waals surface area contributed by atoms with Crippen molar-refractivity contribution >= 4 is 15.6 Å². The van der Waals surface area contributed by atoms with Crippen molar-refractivity contribution in [3.05, 3.63) is 101 Å². The van der Waals surface area contributed by atoms with Gasteiger partial charge in [-0.2, -0.15) is 0 Å². The van der Waals surface area contributed by atoms with E-state index in [0.717, 1.165) is 16.7 Å². The third-order valence-electron chi connectivity index (χ3n) is 4.20. The van der Waals surface area contributed by atoms with Crippen LogP contribution >= 0.6 is 0 Å². The Morgan fingerprint density at radius 3 is 2.15 bits per heavy atom. The van der Waals surface area contributed by atoms with Crippen molar-refractivity contribution in [2.45, 2.75) is 18.2 Å². The Hall–Kier alpha value is -2.72. The van der Waals surface area contributed by atoms with Crippen molar-refractivity contribution in [2.75, 3.05) is 5.75 Å². The van der Waals surface area contributed by atoms with E-state index in [9.17, 15) is 13.2 Å². The average Bonchev–Trinajstić information content (AvgIpc) is 2.63. The fourth-order valence-corrected chi connectivity index (χ4v) is 4.00. The predicted molar refractivity (Wildman–Crippen MR) is 103 cm³/mol. The van der Waals surface area contributed by atoms with E-state index in [1.165, 1.54) is 0 Å². The van der Waals surface area contributed by atoms with Gasteiger partial charge in [-0.25, -0.2) is 8.42 Å². The van der Waals surface area contributed by atoms with Gasteiger partial charge in [-0.1, -0.05) is 66.2 Å². The Labute approximate surface area is 154 Å². The molecule has 0 saturated carbocycles. The summed E-state index contributed by atoms with van der Waals surface area (Å²) in [7, 11) is -3.65. The van der Waals surface area contributed by atoms with E-state index < -0.39 is 15.6 Å². The monoisotopic (exact) mass is 364 g/mol. The largest absolute Gasteiger partial charge is 0.293 e. The number of hydrogen-bond acceptors (Lipinski definition) is 3. The number of Topliss-reactive ketones (excluding diaryl/α,β-unsaturated/α-hetero) is 1. The molecule has 0 N–H and O–H groups in total. The minimum atomic E-state index is -3.65. The van der Waals surface area contributed by atoms with Crippen molar-refractivity contribution in [3.8, 4) is 0 Å². The van der Waals surface area contributed by atoms with Crippen LogP contribution in [0.1, 0.15) is 27.0 Å². The summed E-state index contributed by atoms with van der Waals surface area (Å²) in [6.07, 6.45) is 0.701. The number of hydrogen-bond donors (Lipinski definition) is 0. The third kappa shape index (κ3) is 4.46. The lowest BCUT2D eigenvalue weighted by Crippen LogP contribution is -2.16. The number of benzene rings is 3. The maximum absolute atomic E-state index is 12.5. The molecule has 0 aliphatic carbocycles. The Morgan fingerprint density at radius 1 is 0.808 bits per heavy atom. The zero-order valence-corrected chi connectivity index (χ0v) is 15.4. The summed E-state index contributed by atoms with van der Waals surface area (Å²) in [6, 6.07) is 23.7. The van der Waals surface area contributed by atoms with Crippen molar-refractivity contribution in [1.82, 2.24) is 0 Å². The Balaban J connectivity index is 1.77. The molecule has 0 bridgehead atoms. The normalized spacial score (nSPS) is 11.3. The highest BCUT2D eigenvalue weighted by Crippen LogP contribution is 2.16. The molecule has 0 atom stereocenters. The fourth-order valence-electron chi connectivity index (χ4n) is 2.77. The molecule has 3 nitrogen and oxygen atoms in total. The Bertz CT molecular complexity index is 1000. The summed E-state index contributed by atoms with van der Waals surface area (Å²) in [5.41, 5.74) is 3.53. The highest BCUT2D eigenvalue weighted by atomic mass is 32.2. The van der Waals surface area contributed by atoms with E-state index in [-0.39, 0.29) is 10.7 Å².